The van der Waals surface area contributed by atoms with Gasteiger partial charge in [0.25, 0.3) is 5.91 Å². The van der Waals surface area contributed by atoms with Crippen LogP contribution < -0.4 is 10.2 Å². The molecule has 2 aromatic carbocycles. The summed E-state index contributed by atoms with van der Waals surface area (Å²) in [5, 5.41) is 4.79. The molecule has 0 spiro atoms. The van der Waals surface area contributed by atoms with Crippen LogP contribution in [0.15, 0.2) is 64.1 Å². The van der Waals surface area contributed by atoms with E-state index < -0.39 is 0 Å². The first-order chi connectivity index (χ1) is 13.0. The Kier molecular flexibility index (Phi) is 6.16. The molecular formula is C20H16Cl2N2O3. The Morgan fingerprint density at radius 2 is 1.96 bits per heavy atom. The Morgan fingerprint density at radius 1 is 1.15 bits per heavy atom. The van der Waals surface area contributed by atoms with Crippen LogP contribution in [0.2, 0.25) is 10.0 Å². The third kappa shape index (κ3) is 5.12. The molecule has 27 heavy (non-hydrogen) atoms. The van der Waals surface area contributed by atoms with Crippen LogP contribution in [0.4, 0.5) is 0 Å². The number of nitrogens with zero attached hydrogens (tertiary/aromatic N) is 1. The summed E-state index contributed by atoms with van der Waals surface area (Å²) in [6, 6.07) is 16.2. The highest BCUT2D eigenvalue weighted by Gasteiger charge is 2.07. The first kappa shape index (κ1) is 19.0. The van der Waals surface area contributed by atoms with Crippen LogP contribution in [0.3, 0.4) is 0 Å². The zero-order valence-electron chi connectivity index (χ0n) is 14.4. The predicted molar refractivity (Wildman–Crippen MR) is 107 cm³/mol. The van der Waals surface area contributed by atoms with Gasteiger partial charge in [-0.1, -0.05) is 41.4 Å². The largest absolute Gasteiger partial charge is 0.483 e. The quantitative estimate of drug-likeness (QED) is 0.461. The lowest BCUT2D eigenvalue weighted by molar-refractivity contribution is -0.123. The molecule has 0 fully saturated rings. The van der Waals surface area contributed by atoms with Gasteiger partial charge >= 0.3 is 0 Å². The Labute approximate surface area is 166 Å². The van der Waals surface area contributed by atoms with Gasteiger partial charge in [0.05, 0.1) is 16.3 Å². The molecule has 0 aliphatic heterocycles. The van der Waals surface area contributed by atoms with Gasteiger partial charge < -0.3 is 9.15 Å². The molecule has 0 aliphatic rings. The van der Waals surface area contributed by atoms with Crippen molar-refractivity contribution >= 4 is 35.3 Å². The fraction of sp³-hybridized carbons (Fsp3) is 0.100. The van der Waals surface area contributed by atoms with Gasteiger partial charge in [-0.2, -0.15) is 5.10 Å². The summed E-state index contributed by atoms with van der Waals surface area (Å²) in [5.74, 6) is 1.39. The van der Waals surface area contributed by atoms with Crippen molar-refractivity contribution in [3.63, 3.8) is 0 Å². The standard InChI is InChI=1S/C20H16Cl2N2O3/c1-13-4-2-3-5-18(13)26-12-20(25)24-23-11-15-7-9-19(27-15)14-6-8-16(21)17(22)10-14/h2-11H,12H2,1H3,(H,24,25)/b23-11-. The highest BCUT2D eigenvalue weighted by Crippen LogP contribution is 2.29. The third-order valence-corrected chi connectivity index (χ3v) is 4.40. The van der Waals surface area contributed by atoms with Crippen molar-refractivity contribution in [1.29, 1.82) is 0 Å². The summed E-state index contributed by atoms with van der Waals surface area (Å²) in [6.07, 6.45) is 1.41. The predicted octanol–water partition coefficient (Wildman–Crippen LogP) is 5.09. The number of amides is 1. The van der Waals surface area contributed by atoms with Gasteiger partial charge in [-0.25, -0.2) is 5.43 Å². The van der Waals surface area contributed by atoms with E-state index in [0.29, 0.717) is 27.3 Å². The average Bonchev–Trinajstić information content (AvgIpc) is 3.12. The number of hydrogen-bond acceptors (Lipinski definition) is 4. The zero-order chi connectivity index (χ0) is 19.2. The summed E-state index contributed by atoms with van der Waals surface area (Å²) in [5.41, 5.74) is 4.14. The van der Waals surface area contributed by atoms with Crippen molar-refractivity contribution in [2.75, 3.05) is 6.61 Å². The number of carbonyl (C=O) groups is 1. The molecule has 138 valence electrons. The second kappa shape index (κ2) is 8.75. The Hall–Kier alpha value is -2.76. The lowest BCUT2D eigenvalue weighted by Gasteiger charge is -2.07. The number of rotatable bonds is 6. The van der Waals surface area contributed by atoms with Gasteiger partial charge in [-0.15, -0.1) is 0 Å². The van der Waals surface area contributed by atoms with Crippen LogP contribution >= 0.6 is 23.2 Å². The molecule has 1 amide bonds. The molecule has 0 atom stereocenters. The van der Waals surface area contributed by atoms with Crippen LogP contribution in [0.25, 0.3) is 11.3 Å². The van der Waals surface area contributed by atoms with Crippen LogP contribution in [-0.2, 0) is 4.79 Å². The third-order valence-electron chi connectivity index (χ3n) is 3.66. The van der Waals surface area contributed by atoms with E-state index in [1.54, 1.807) is 36.4 Å². The minimum absolute atomic E-state index is 0.130. The van der Waals surface area contributed by atoms with Gasteiger partial charge in [0, 0.05) is 5.56 Å². The number of aryl methyl sites for hydroxylation is 1. The topological polar surface area (TPSA) is 63.8 Å². The van der Waals surface area contributed by atoms with Gasteiger partial charge in [0.15, 0.2) is 6.61 Å². The van der Waals surface area contributed by atoms with Crippen LogP contribution in [0, 0.1) is 6.92 Å². The number of hydrazone groups is 1. The van der Waals surface area contributed by atoms with E-state index in [-0.39, 0.29) is 12.5 Å². The van der Waals surface area contributed by atoms with Crippen LogP contribution in [0.1, 0.15) is 11.3 Å². The zero-order valence-corrected chi connectivity index (χ0v) is 15.9. The molecule has 0 saturated heterocycles. The summed E-state index contributed by atoms with van der Waals surface area (Å²) < 4.78 is 11.1. The molecular weight excluding hydrogens is 387 g/mol. The fourth-order valence-corrected chi connectivity index (χ4v) is 2.59. The maximum Gasteiger partial charge on any atom is 0.277 e. The first-order valence-corrected chi connectivity index (χ1v) is 8.84. The van der Waals surface area contributed by atoms with Gasteiger partial charge in [0.1, 0.15) is 17.3 Å². The second-order valence-corrected chi connectivity index (χ2v) is 6.49. The minimum Gasteiger partial charge on any atom is -0.483 e. The van der Waals surface area contributed by atoms with Crippen molar-refractivity contribution in [3.05, 3.63) is 76.0 Å². The summed E-state index contributed by atoms with van der Waals surface area (Å²) in [4.78, 5) is 11.8. The molecule has 3 rings (SSSR count). The van der Waals surface area contributed by atoms with Crippen molar-refractivity contribution < 1.29 is 13.9 Å². The SMILES string of the molecule is Cc1ccccc1OCC(=O)N/N=C\c1ccc(-c2ccc(Cl)c(Cl)c2)o1. The van der Waals surface area contributed by atoms with E-state index in [4.69, 9.17) is 32.4 Å². The van der Waals surface area contributed by atoms with E-state index in [1.165, 1.54) is 6.21 Å². The van der Waals surface area contributed by atoms with E-state index in [1.807, 2.05) is 25.1 Å². The fourth-order valence-electron chi connectivity index (χ4n) is 2.29. The normalized spacial score (nSPS) is 10.9. The van der Waals surface area contributed by atoms with Crippen LogP contribution in [0.5, 0.6) is 5.75 Å². The first-order valence-electron chi connectivity index (χ1n) is 8.08. The highest BCUT2D eigenvalue weighted by atomic mass is 35.5. The number of nitrogens with one attached hydrogen (secondary N) is 1. The number of benzene rings is 2. The highest BCUT2D eigenvalue weighted by molar-refractivity contribution is 6.42. The summed E-state index contributed by atoms with van der Waals surface area (Å²) in [6.45, 7) is 1.78. The Morgan fingerprint density at radius 3 is 2.74 bits per heavy atom. The molecule has 0 bridgehead atoms. The summed E-state index contributed by atoms with van der Waals surface area (Å²) in [7, 11) is 0. The molecule has 7 heteroatoms. The monoisotopic (exact) mass is 402 g/mol. The minimum atomic E-state index is -0.370. The maximum atomic E-state index is 11.8. The molecule has 0 saturated carbocycles. The molecule has 3 aromatic rings. The van der Waals surface area contributed by atoms with E-state index in [2.05, 4.69) is 10.5 Å². The number of furan rings is 1. The second-order valence-electron chi connectivity index (χ2n) is 5.68. The number of para-hydroxylation sites is 1. The summed E-state index contributed by atoms with van der Waals surface area (Å²) >= 11 is 11.9. The molecule has 1 N–H and O–H groups in total. The van der Waals surface area contributed by atoms with Crippen molar-refractivity contribution in [2.24, 2.45) is 5.10 Å². The van der Waals surface area contributed by atoms with E-state index in [9.17, 15) is 4.79 Å². The number of hydrogen-bond donors (Lipinski definition) is 1. The van der Waals surface area contributed by atoms with E-state index in [0.717, 1.165) is 11.1 Å². The van der Waals surface area contributed by atoms with Crippen molar-refractivity contribution in [3.8, 4) is 17.1 Å². The van der Waals surface area contributed by atoms with E-state index >= 15 is 0 Å². The Balaban J connectivity index is 1.54. The van der Waals surface area contributed by atoms with Gasteiger partial charge in [-0.3, -0.25) is 4.79 Å². The van der Waals surface area contributed by atoms with Crippen LogP contribution in [-0.4, -0.2) is 18.7 Å². The lowest BCUT2D eigenvalue weighted by atomic mass is 10.2. The Bertz CT molecular complexity index is 983. The van der Waals surface area contributed by atoms with Crippen molar-refractivity contribution in [2.45, 2.75) is 6.92 Å². The molecule has 1 aromatic heterocycles. The number of carbonyl (C=O) groups excluding carboxylic acids is 1. The van der Waals surface area contributed by atoms with Crippen molar-refractivity contribution in [1.82, 2.24) is 5.43 Å². The average molecular weight is 403 g/mol. The molecule has 0 radical (unpaired) electrons. The molecule has 1 heterocycles. The molecule has 0 unspecified atom stereocenters. The smallest absolute Gasteiger partial charge is 0.277 e. The number of halogens is 2. The number of ether oxygens (including phenoxy) is 1. The lowest BCUT2D eigenvalue weighted by Crippen LogP contribution is -2.24. The van der Waals surface area contributed by atoms with Gasteiger partial charge in [-0.05, 0) is 48.9 Å². The maximum absolute atomic E-state index is 11.8. The molecule has 0 aliphatic carbocycles. The molecule has 5 nitrogen and oxygen atoms in total. The van der Waals surface area contributed by atoms with Gasteiger partial charge in [0.2, 0.25) is 0 Å².